The van der Waals surface area contributed by atoms with Crippen LogP contribution in [0.3, 0.4) is 0 Å². The minimum Gasteiger partial charge on any atom is -0.373 e. The third kappa shape index (κ3) is 3.82. The van der Waals surface area contributed by atoms with Gasteiger partial charge in [0, 0.05) is 45.5 Å². The molecule has 1 fully saturated rings. The van der Waals surface area contributed by atoms with Crippen molar-refractivity contribution in [2.45, 2.75) is 18.6 Å². The highest BCUT2D eigenvalue weighted by molar-refractivity contribution is 5.87. The Kier molecular flexibility index (Phi) is 5.09. The first-order valence-corrected chi connectivity index (χ1v) is 10.4. The lowest BCUT2D eigenvalue weighted by Crippen LogP contribution is -2.35. The molecule has 0 spiro atoms. The van der Waals surface area contributed by atoms with Crippen molar-refractivity contribution in [3.8, 4) is 22.8 Å². The van der Waals surface area contributed by atoms with E-state index in [-0.39, 0.29) is 12.2 Å². The van der Waals surface area contributed by atoms with E-state index in [1.165, 1.54) is 4.90 Å². The Morgan fingerprint density at radius 2 is 1.88 bits per heavy atom. The number of carbonyl (C=O) groups excluding carboxylic acids is 1. The molecule has 0 unspecified atom stereocenters. The van der Waals surface area contributed by atoms with Crippen LogP contribution in [-0.2, 0) is 24.0 Å². The molecule has 1 aliphatic heterocycles. The lowest BCUT2D eigenvalue weighted by molar-refractivity contribution is -0.144. The summed E-state index contributed by atoms with van der Waals surface area (Å²) in [6, 6.07) is 10.7. The topological polar surface area (TPSA) is 135 Å². The van der Waals surface area contributed by atoms with E-state index >= 15 is 0 Å². The average Bonchev–Trinajstić information content (AvgIpc) is 3.56. The zero-order valence-corrected chi connectivity index (χ0v) is 18.1. The Balaban J connectivity index is 1.38. The summed E-state index contributed by atoms with van der Waals surface area (Å²) in [4.78, 5) is 27.3. The zero-order chi connectivity index (χ0) is 23.0. The van der Waals surface area contributed by atoms with Gasteiger partial charge in [0.25, 0.3) is 5.91 Å². The van der Waals surface area contributed by atoms with Crippen molar-refractivity contribution in [2.75, 3.05) is 18.9 Å². The summed E-state index contributed by atoms with van der Waals surface area (Å²) in [5.41, 5.74) is 1.52. The number of rotatable bonds is 6. The van der Waals surface area contributed by atoms with Gasteiger partial charge in [-0.2, -0.15) is 5.10 Å². The normalized spacial score (nSPS) is 18.2. The average molecular weight is 446 g/mol. The molecule has 1 aliphatic rings. The monoisotopic (exact) mass is 446 g/mol. The van der Waals surface area contributed by atoms with Crippen molar-refractivity contribution in [1.29, 1.82) is 0 Å². The first-order valence-electron chi connectivity index (χ1n) is 10.4. The smallest absolute Gasteiger partial charge is 0.262 e. The summed E-state index contributed by atoms with van der Waals surface area (Å²) in [5, 5.41) is 22.2. The number of aryl methyl sites for hydroxylation is 1. The molecular formula is C22H22N8O3. The molecule has 2 N–H and O–H groups in total. The molecule has 0 aromatic carbocycles. The number of carbonyl (C=O) groups is 1. The van der Waals surface area contributed by atoms with Crippen LogP contribution in [0.2, 0.25) is 0 Å². The first-order chi connectivity index (χ1) is 15.9. The molecule has 0 radical (unpaired) electrons. The largest absolute Gasteiger partial charge is 0.373 e. The van der Waals surface area contributed by atoms with Gasteiger partial charge >= 0.3 is 0 Å². The number of aromatic nitrogens is 6. The van der Waals surface area contributed by atoms with E-state index in [4.69, 9.17) is 4.52 Å². The highest BCUT2D eigenvalue weighted by atomic mass is 16.5. The molecule has 33 heavy (non-hydrogen) atoms. The van der Waals surface area contributed by atoms with Gasteiger partial charge in [0.1, 0.15) is 5.69 Å². The number of pyridine rings is 1. The van der Waals surface area contributed by atoms with Gasteiger partial charge < -0.3 is 19.8 Å². The number of nitrogens with zero attached hydrogens (tertiary/aromatic N) is 7. The number of likely N-dealkylation sites (N-methyl/N-ethyl adjacent to an activating group) is 1. The third-order valence-electron chi connectivity index (χ3n) is 5.71. The summed E-state index contributed by atoms with van der Waals surface area (Å²) in [5.74, 6) is 0.178. The summed E-state index contributed by atoms with van der Waals surface area (Å²) >= 11 is 0. The number of hydrogen-bond acceptors (Lipinski definition) is 9. The molecule has 5 heterocycles. The number of likely N-dealkylation sites (tertiary alicyclic amines) is 1. The molecule has 4 aromatic heterocycles. The van der Waals surface area contributed by atoms with E-state index in [1.54, 1.807) is 42.3 Å². The molecule has 0 bridgehead atoms. The number of hydrogen-bond donors (Lipinski definition) is 2. The molecule has 168 valence electrons. The SMILES string of the molecule is CN1CC[C@@](O)(c2cc(-c3cccc(-c4ccnc(NCc5ccnn5C)n4)n3)no2)C1=O. The maximum absolute atomic E-state index is 12.3. The molecule has 5 rings (SSSR count). The van der Waals surface area contributed by atoms with E-state index in [2.05, 4.69) is 30.5 Å². The van der Waals surface area contributed by atoms with Gasteiger partial charge in [0.2, 0.25) is 11.5 Å². The lowest BCUT2D eigenvalue weighted by atomic mass is 9.98. The van der Waals surface area contributed by atoms with Gasteiger partial charge in [-0.1, -0.05) is 11.2 Å². The van der Waals surface area contributed by atoms with Crippen LogP contribution in [0.15, 0.2) is 53.3 Å². The van der Waals surface area contributed by atoms with Gasteiger partial charge in [-0.15, -0.1) is 0 Å². The predicted molar refractivity (Wildman–Crippen MR) is 117 cm³/mol. The van der Waals surface area contributed by atoms with Crippen molar-refractivity contribution in [3.63, 3.8) is 0 Å². The van der Waals surface area contributed by atoms with Crippen LogP contribution in [0.5, 0.6) is 0 Å². The van der Waals surface area contributed by atoms with E-state index in [0.717, 1.165) is 5.69 Å². The fourth-order valence-electron chi connectivity index (χ4n) is 3.72. The second kappa shape index (κ2) is 8.10. The Morgan fingerprint density at radius 1 is 1.09 bits per heavy atom. The second-order valence-electron chi connectivity index (χ2n) is 7.89. The highest BCUT2D eigenvalue weighted by Crippen LogP contribution is 2.34. The van der Waals surface area contributed by atoms with Crippen molar-refractivity contribution >= 4 is 11.9 Å². The standard InChI is InChI=1S/C22H22N8O3/c1-29-11-8-22(32,20(29)31)19-12-18(28-33-19)16-5-3-4-15(26-16)17-7-9-23-21(27-17)24-13-14-6-10-25-30(14)2/h3-7,9-10,12,32H,8,11,13H2,1-2H3,(H,23,24,27)/t22-/m1/s1. The number of anilines is 1. The van der Waals surface area contributed by atoms with E-state index in [9.17, 15) is 9.90 Å². The molecule has 1 saturated heterocycles. The summed E-state index contributed by atoms with van der Waals surface area (Å²) in [6.07, 6.45) is 3.65. The van der Waals surface area contributed by atoms with Gasteiger partial charge in [-0.3, -0.25) is 9.48 Å². The highest BCUT2D eigenvalue weighted by Gasteiger charge is 2.48. The second-order valence-corrected chi connectivity index (χ2v) is 7.89. The number of amides is 1. The van der Waals surface area contributed by atoms with Crippen LogP contribution in [0, 0.1) is 0 Å². The van der Waals surface area contributed by atoms with Gasteiger partial charge in [0.15, 0.2) is 5.76 Å². The molecule has 1 atom stereocenters. The van der Waals surface area contributed by atoms with Crippen molar-refractivity contribution in [2.24, 2.45) is 7.05 Å². The van der Waals surface area contributed by atoms with Crippen LogP contribution < -0.4 is 5.32 Å². The first kappa shape index (κ1) is 20.8. The van der Waals surface area contributed by atoms with Crippen molar-refractivity contribution < 1.29 is 14.4 Å². The minimum absolute atomic E-state index is 0.114. The molecule has 11 heteroatoms. The van der Waals surface area contributed by atoms with Crippen LogP contribution in [0.25, 0.3) is 22.8 Å². The summed E-state index contributed by atoms with van der Waals surface area (Å²) in [6.45, 7) is 0.982. The van der Waals surface area contributed by atoms with Gasteiger partial charge in [-0.05, 0) is 24.3 Å². The summed E-state index contributed by atoms with van der Waals surface area (Å²) < 4.78 is 7.12. The fourth-order valence-corrected chi connectivity index (χ4v) is 3.72. The molecular weight excluding hydrogens is 424 g/mol. The Hall–Kier alpha value is -4.12. The van der Waals surface area contributed by atoms with Crippen molar-refractivity contribution in [1.82, 2.24) is 34.8 Å². The maximum atomic E-state index is 12.3. The third-order valence-corrected chi connectivity index (χ3v) is 5.71. The Bertz CT molecular complexity index is 1320. The zero-order valence-electron chi connectivity index (χ0n) is 18.1. The quantitative estimate of drug-likeness (QED) is 0.452. The predicted octanol–water partition coefficient (Wildman–Crippen LogP) is 1.59. The van der Waals surface area contributed by atoms with E-state index < -0.39 is 11.5 Å². The van der Waals surface area contributed by atoms with Crippen LogP contribution in [0.4, 0.5) is 5.95 Å². The Labute approximate surface area is 189 Å². The van der Waals surface area contributed by atoms with E-state index in [1.807, 2.05) is 25.2 Å². The number of aliphatic hydroxyl groups is 1. The fraction of sp³-hybridized carbons (Fsp3) is 0.273. The molecule has 0 saturated carbocycles. The van der Waals surface area contributed by atoms with Crippen LogP contribution in [-0.4, -0.2) is 59.4 Å². The molecule has 0 aliphatic carbocycles. The summed E-state index contributed by atoms with van der Waals surface area (Å²) in [7, 11) is 3.52. The van der Waals surface area contributed by atoms with Crippen molar-refractivity contribution in [3.05, 3.63) is 60.2 Å². The molecule has 11 nitrogen and oxygen atoms in total. The lowest BCUT2D eigenvalue weighted by Gasteiger charge is -2.16. The van der Waals surface area contributed by atoms with E-state index in [0.29, 0.717) is 41.8 Å². The molecule has 1 amide bonds. The van der Waals surface area contributed by atoms with Gasteiger partial charge in [0.05, 0.1) is 29.3 Å². The molecule has 4 aromatic rings. The minimum atomic E-state index is -1.70. The van der Waals surface area contributed by atoms with Crippen LogP contribution in [0.1, 0.15) is 17.9 Å². The maximum Gasteiger partial charge on any atom is 0.262 e. The van der Waals surface area contributed by atoms with Crippen LogP contribution >= 0.6 is 0 Å². The Morgan fingerprint density at radius 3 is 2.61 bits per heavy atom. The number of nitrogens with one attached hydrogen (secondary N) is 1. The van der Waals surface area contributed by atoms with Gasteiger partial charge in [-0.25, -0.2) is 15.0 Å².